The number of amides is 1. The van der Waals surface area contributed by atoms with Crippen LogP contribution in [0.2, 0.25) is 0 Å². The fourth-order valence-electron chi connectivity index (χ4n) is 2.93. The average Bonchev–Trinajstić information content (AvgIpc) is 2.96. The highest BCUT2D eigenvalue weighted by atomic mass is 32.1. The molecule has 1 saturated heterocycles. The van der Waals surface area contributed by atoms with E-state index in [1.807, 2.05) is 13.0 Å². The number of piperidine rings is 1. The van der Waals surface area contributed by atoms with E-state index in [0.29, 0.717) is 17.3 Å². The van der Waals surface area contributed by atoms with Gasteiger partial charge in [0.1, 0.15) is 5.82 Å². The molecular formula is C18H21FN2OS. The minimum Gasteiger partial charge on any atom is -0.351 e. The first-order chi connectivity index (χ1) is 11.1. The van der Waals surface area contributed by atoms with Crippen LogP contribution in [0.5, 0.6) is 0 Å². The van der Waals surface area contributed by atoms with Crippen molar-refractivity contribution in [3.05, 3.63) is 45.9 Å². The van der Waals surface area contributed by atoms with Crippen LogP contribution in [-0.4, -0.2) is 25.5 Å². The second-order valence-electron chi connectivity index (χ2n) is 6.01. The molecule has 1 atom stereocenters. The molecule has 122 valence electrons. The average molecular weight is 332 g/mol. The number of thiophene rings is 1. The zero-order valence-corrected chi connectivity index (χ0v) is 14.0. The van der Waals surface area contributed by atoms with E-state index in [4.69, 9.17) is 0 Å². The van der Waals surface area contributed by atoms with Crippen LogP contribution in [0.1, 0.15) is 27.4 Å². The molecule has 1 aromatic heterocycles. The van der Waals surface area contributed by atoms with Gasteiger partial charge in [-0.05, 0) is 68.1 Å². The van der Waals surface area contributed by atoms with Gasteiger partial charge in [-0.3, -0.25) is 4.79 Å². The lowest BCUT2D eigenvalue weighted by molar-refractivity contribution is 0.0949. The molecule has 5 heteroatoms. The Bertz CT molecular complexity index is 675. The van der Waals surface area contributed by atoms with Crippen LogP contribution < -0.4 is 10.6 Å². The summed E-state index contributed by atoms with van der Waals surface area (Å²) < 4.78 is 13.0. The van der Waals surface area contributed by atoms with Crippen molar-refractivity contribution < 1.29 is 9.18 Å². The van der Waals surface area contributed by atoms with Crippen LogP contribution in [0.15, 0.2) is 30.3 Å². The summed E-state index contributed by atoms with van der Waals surface area (Å²) in [7, 11) is 0. The van der Waals surface area contributed by atoms with Gasteiger partial charge in [-0.25, -0.2) is 4.39 Å². The number of carbonyl (C=O) groups excluding carboxylic acids is 1. The number of rotatable bonds is 4. The van der Waals surface area contributed by atoms with Gasteiger partial charge >= 0.3 is 0 Å². The number of hydrogen-bond acceptors (Lipinski definition) is 3. The molecule has 1 unspecified atom stereocenters. The second-order valence-corrected chi connectivity index (χ2v) is 7.27. The molecule has 0 spiro atoms. The lowest BCUT2D eigenvalue weighted by atomic mass is 10.00. The molecular weight excluding hydrogens is 311 g/mol. The first-order valence-electron chi connectivity index (χ1n) is 7.99. The maximum absolute atomic E-state index is 13.0. The Hall–Kier alpha value is -1.72. The number of halogens is 1. The summed E-state index contributed by atoms with van der Waals surface area (Å²) in [4.78, 5) is 14.1. The molecule has 0 saturated carbocycles. The SMILES string of the molecule is Cc1sc(C(=O)NCC2CCCNC2)cc1-c1ccc(F)cc1. The molecule has 0 aliphatic carbocycles. The van der Waals surface area contributed by atoms with Gasteiger partial charge in [0.2, 0.25) is 0 Å². The summed E-state index contributed by atoms with van der Waals surface area (Å²) >= 11 is 1.49. The smallest absolute Gasteiger partial charge is 0.261 e. The van der Waals surface area contributed by atoms with Crippen LogP contribution in [0.25, 0.3) is 11.1 Å². The Balaban J connectivity index is 1.67. The number of nitrogens with one attached hydrogen (secondary N) is 2. The van der Waals surface area contributed by atoms with Crippen molar-refractivity contribution in [3.63, 3.8) is 0 Å². The summed E-state index contributed by atoms with van der Waals surface area (Å²) in [5, 5.41) is 6.40. The standard InChI is InChI=1S/C18H21FN2OS/c1-12-16(14-4-6-15(19)7-5-14)9-17(23-12)18(22)21-11-13-3-2-8-20-10-13/h4-7,9,13,20H,2-3,8,10-11H2,1H3,(H,21,22). The number of hydrogen-bond donors (Lipinski definition) is 2. The van der Waals surface area contributed by atoms with Crippen LogP contribution in [0.4, 0.5) is 4.39 Å². The van der Waals surface area contributed by atoms with Gasteiger partial charge in [-0.2, -0.15) is 0 Å². The molecule has 3 rings (SSSR count). The van der Waals surface area contributed by atoms with E-state index in [-0.39, 0.29) is 11.7 Å². The maximum Gasteiger partial charge on any atom is 0.261 e. The highest BCUT2D eigenvalue weighted by Gasteiger charge is 2.17. The van der Waals surface area contributed by atoms with Crippen molar-refractivity contribution in [1.29, 1.82) is 0 Å². The van der Waals surface area contributed by atoms with Gasteiger partial charge in [0, 0.05) is 11.4 Å². The van der Waals surface area contributed by atoms with Crippen molar-refractivity contribution in [1.82, 2.24) is 10.6 Å². The number of aryl methyl sites for hydroxylation is 1. The lowest BCUT2D eigenvalue weighted by Crippen LogP contribution is -2.37. The van der Waals surface area contributed by atoms with Crippen LogP contribution in [0, 0.1) is 18.7 Å². The largest absolute Gasteiger partial charge is 0.351 e. The molecule has 2 aromatic rings. The summed E-state index contributed by atoms with van der Waals surface area (Å²) in [6.07, 6.45) is 2.34. The van der Waals surface area contributed by atoms with Crippen LogP contribution in [0.3, 0.4) is 0 Å². The number of carbonyl (C=O) groups is 1. The quantitative estimate of drug-likeness (QED) is 0.898. The van der Waals surface area contributed by atoms with Crippen LogP contribution >= 0.6 is 11.3 Å². The summed E-state index contributed by atoms with van der Waals surface area (Å²) in [5.41, 5.74) is 1.94. The fourth-order valence-corrected chi connectivity index (χ4v) is 3.89. The zero-order valence-electron chi connectivity index (χ0n) is 13.2. The number of benzene rings is 1. The van der Waals surface area contributed by atoms with Gasteiger partial charge in [0.15, 0.2) is 0 Å². The third-order valence-corrected chi connectivity index (χ3v) is 5.30. The van der Waals surface area contributed by atoms with E-state index in [2.05, 4.69) is 10.6 Å². The summed E-state index contributed by atoms with van der Waals surface area (Å²) in [6, 6.07) is 8.30. The van der Waals surface area contributed by atoms with Crippen molar-refractivity contribution in [3.8, 4) is 11.1 Å². The summed E-state index contributed by atoms with van der Waals surface area (Å²) in [5.74, 6) is 0.253. The normalized spacial score (nSPS) is 17.9. The Morgan fingerprint density at radius 1 is 1.39 bits per heavy atom. The van der Waals surface area contributed by atoms with Crippen molar-refractivity contribution >= 4 is 17.2 Å². The van der Waals surface area contributed by atoms with Gasteiger partial charge in [-0.15, -0.1) is 11.3 Å². The lowest BCUT2D eigenvalue weighted by Gasteiger charge is -2.22. The third-order valence-electron chi connectivity index (χ3n) is 4.25. The summed E-state index contributed by atoms with van der Waals surface area (Å²) in [6.45, 7) is 4.76. The predicted octanol–water partition coefficient (Wildman–Crippen LogP) is 3.59. The highest BCUT2D eigenvalue weighted by Crippen LogP contribution is 2.31. The minimum atomic E-state index is -0.249. The van der Waals surface area contributed by atoms with E-state index in [1.165, 1.54) is 29.9 Å². The zero-order chi connectivity index (χ0) is 16.2. The van der Waals surface area contributed by atoms with Gasteiger partial charge in [0.25, 0.3) is 5.91 Å². The molecule has 0 radical (unpaired) electrons. The van der Waals surface area contributed by atoms with Gasteiger partial charge < -0.3 is 10.6 Å². The third kappa shape index (κ3) is 3.98. The molecule has 2 heterocycles. The molecule has 1 amide bonds. The molecule has 0 bridgehead atoms. The van der Waals surface area contributed by atoms with Crippen molar-refractivity contribution in [2.24, 2.45) is 5.92 Å². The predicted molar refractivity (Wildman–Crippen MR) is 92.4 cm³/mol. The molecule has 3 nitrogen and oxygen atoms in total. The van der Waals surface area contributed by atoms with E-state index in [0.717, 1.165) is 35.5 Å². The second kappa shape index (κ2) is 7.23. The Labute approximate surface area is 139 Å². The molecule has 1 fully saturated rings. The van der Waals surface area contributed by atoms with Crippen molar-refractivity contribution in [2.75, 3.05) is 19.6 Å². The molecule has 1 aliphatic rings. The Morgan fingerprint density at radius 3 is 2.87 bits per heavy atom. The monoisotopic (exact) mass is 332 g/mol. The highest BCUT2D eigenvalue weighted by molar-refractivity contribution is 7.14. The van der Waals surface area contributed by atoms with Gasteiger partial charge in [0.05, 0.1) is 4.88 Å². The van der Waals surface area contributed by atoms with Crippen molar-refractivity contribution in [2.45, 2.75) is 19.8 Å². The molecule has 1 aliphatic heterocycles. The molecule has 23 heavy (non-hydrogen) atoms. The van der Waals surface area contributed by atoms with Crippen LogP contribution in [-0.2, 0) is 0 Å². The molecule has 1 aromatic carbocycles. The van der Waals surface area contributed by atoms with E-state index < -0.39 is 0 Å². The fraction of sp³-hybridized carbons (Fsp3) is 0.389. The Kier molecular flexibility index (Phi) is 5.08. The topological polar surface area (TPSA) is 41.1 Å². The first kappa shape index (κ1) is 16.1. The maximum atomic E-state index is 13.0. The van der Waals surface area contributed by atoms with E-state index >= 15 is 0 Å². The molecule has 2 N–H and O–H groups in total. The first-order valence-corrected chi connectivity index (χ1v) is 8.80. The van der Waals surface area contributed by atoms with E-state index in [9.17, 15) is 9.18 Å². The van der Waals surface area contributed by atoms with E-state index in [1.54, 1.807) is 12.1 Å². The Morgan fingerprint density at radius 2 is 2.17 bits per heavy atom. The minimum absolute atomic E-state index is 0.0166. The van der Waals surface area contributed by atoms with Gasteiger partial charge in [-0.1, -0.05) is 12.1 Å².